The van der Waals surface area contributed by atoms with Gasteiger partial charge in [-0.25, -0.2) is 12.8 Å². The Bertz CT molecular complexity index is 781. The van der Waals surface area contributed by atoms with Crippen LogP contribution in [-0.2, 0) is 16.6 Å². The van der Waals surface area contributed by atoms with Gasteiger partial charge < -0.3 is 5.11 Å². The largest absolute Gasteiger partial charge is 0.392 e. The van der Waals surface area contributed by atoms with Gasteiger partial charge in [-0.2, -0.15) is 0 Å². The number of benzene rings is 2. The van der Waals surface area contributed by atoms with Crippen molar-refractivity contribution in [1.82, 2.24) is 0 Å². The molecule has 0 aromatic heterocycles. The monoisotopic (exact) mass is 349 g/mol. The van der Waals surface area contributed by atoms with E-state index in [-0.39, 0.29) is 26.2 Å². The van der Waals surface area contributed by atoms with Crippen LogP contribution in [-0.4, -0.2) is 13.5 Å². The van der Waals surface area contributed by atoms with Crippen molar-refractivity contribution in [3.05, 3.63) is 57.8 Å². The zero-order valence-electron chi connectivity index (χ0n) is 10.5. The molecule has 0 heterocycles. The van der Waals surface area contributed by atoms with Crippen LogP contribution in [0.1, 0.15) is 5.56 Å². The first-order chi connectivity index (χ1) is 9.83. The van der Waals surface area contributed by atoms with Gasteiger partial charge in [0.25, 0.3) is 10.0 Å². The summed E-state index contributed by atoms with van der Waals surface area (Å²) in [5, 5.41) is 9.62. The van der Waals surface area contributed by atoms with Gasteiger partial charge in [0.15, 0.2) is 0 Å². The quantitative estimate of drug-likeness (QED) is 0.888. The number of halogens is 3. The molecule has 2 rings (SSSR count). The third-order valence-electron chi connectivity index (χ3n) is 2.66. The van der Waals surface area contributed by atoms with Crippen molar-refractivity contribution in [3.63, 3.8) is 0 Å². The van der Waals surface area contributed by atoms with Crippen LogP contribution in [0.3, 0.4) is 0 Å². The Labute approximate surface area is 131 Å². The molecule has 0 atom stereocenters. The summed E-state index contributed by atoms with van der Waals surface area (Å²) in [5.41, 5.74) is 0.265. The number of hydrogen-bond donors (Lipinski definition) is 2. The van der Waals surface area contributed by atoms with Crippen molar-refractivity contribution in [2.75, 3.05) is 4.72 Å². The van der Waals surface area contributed by atoms with Gasteiger partial charge >= 0.3 is 0 Å². The Balaban J connectivity index is 2.42. The first-order valence-electron chi connectivity index (χ1n) is 5.70. The molecule has 0 radical (unpaired) electrons. The van der Waals surface area contributed by atoms with Crippen molar-refractivity contribution in [1.29, 1.82) is 0 Å². The van der Waals surface area contributed by atoms with Crippen LogP contribution in [0.25, 0.3) is 0 Å². The maximum atomic E-state index is 13.3. The van der Waals surface area contributed by atoms with Crippen LogP contribution in [0, 0.1) is 5.82 Å². The molecular formula is C13H10Cl2FNO3S. The topological polar surface area (TPSA) is 66.4 Å². The molecule has 0 amide bonds. The minimum Gasteiger partial charge on any atom is -0.392 e. The summed E-state index contributed by atoms with van der Waals surface area (Å²) in [6, 6.07) is 7.30. The molecule has 0 bridgehead atoms. The third kappa shape index (κ3) is 3.65. The Morgan fingerprint density at radius 2 is 1.81 bits per heavy atom. The number of aliphatic hydroxyl groups is 1. The highest BCUT2D eigenvalue weighted by Gasteiger charge is 2.19. The molecule has 0 fully saturated rings. The molecule has 21 heavy (non-hydrogen) atoms. The smallest absolute Gasteiger partial charge is 0.262 e. The summed E-state index contributed by atoms with van der Waals surface area (Å²) in [7, 11) is -4.06. The summed E-state index contributed by atoms with van der Waals surface area (Å²) in [4.78, 5) is -0.337. The maximum Gasteiger partial charge on any atom is 0.262 e. The first-order valence-corrected chi connectivity index (χ1v) is 7.94. The summed E-state index contributed by atoms with van der Waals surface area (Å²) in [6.07, 6.45) is 0. The SMILES string of the molecule is O=S(=O)(Nc1ccc(Cl)c(Cl)c1)c1cc(F)ccc1CO. The third-order valence-corrected chi connectivity index (χ3v) is 4.86. The minimum atomic E-state index is -4.06. The summed E-state index contributed by atoms with van der Waals surface area (Å²) in [6.45, 7) is -0.530. The lowest BCUT2D eigenvalue weighted by Crippen LogP contribution is -2.15. The second-order valence-electron chi connectivity index (χ2n) is 4.14. The molecule has 4 nitrogen and oxygen atoms in total. The predicted octanol–water partition coefficient (Wildman–Crippen LogP) is 3.43. The number of sulfonamides is 1. The standard InChI is InChI=1S/C13H10Cl2FNO3S/c14-11-4-3-10(6-12(11)15)17-21(19,20)13-5-9(16)2-1-8(13)7-18/h1-6,17-18H,7H2. The van der Waals surface area contributed by atoms with Crippen molar-refractivity contribution in [2.24, 2.45) is 0 Å². The zero-order valence-corrected chi connectivity index (χ0v) is 12.8. The molecule has 2 aromatic carbocycles. The van der Waals surface area contributed by atoms with Gasteiger partial charge in [-0.05, 0) is 35.9 Å². The van der Waals surface area contributed by atoms with Crippen LogP contribution >= 0.6 is 23.2 Å². The van der Waals surface area contributed by atoms with E-state index in [1.165, 1.54) is 24.3 Å². The number of nitrogens with one attached hydrogen (secondary N) is 1. The van der Waals surface area contributed by atoms with Crippen LogP contribution in [0.2, 0.25) is 10.0 Å². The fraction of sp³-hybridized carbons (Fsp3) is 0.0769. The van der Waals surface area contributed by atoms with Gasteiger partial charge in [0.1, 0.15) is 5.82 Å². The fourth-order valence-corrected chi connectivity index (χ4v) is 3.27. The number of hydrogen-bond acceptors (Lipinski definition) is 3. The average molecular weight is 350 g/mol. The van der Waals surface area contributed by atoms with Crippen LogP contribution < -0.4 is 4.72 Å². The normalized spacial score (nSPS) is 11.4. The summed E-state index contributed by atoms with van der Waals surface area (Å²) >= 11 is 11.6. The molecule has 0 aliphatic rings. The van der Waals surface area contributed by atoms with E-state index in [2.05, 4.69) is 4.72 Å². The highest BCUT2D eigenvalue weighted by molar-refractivity contribution is 7.92. The van der Waals surface area contributed by atoms with E-state index < -0.39 is 22.4 Å². The lowest BCUT2D eigenvalue weighted by molar-refractivity contribution is 0.278. The number of anilines is 1. The van der Waals surface area contributed by atoms with E-state index in [4.69, 9.17) is 28.3 Å². The van der Waals surface area contributed by atoms with Crippen LogP contribution in [0.5, 0.6) is 0 Å². The highest BCUT2D eigenvalue weighted by atomic mass is 35.5. The average Bonchev–Trinajstić information content (AvgIpc) is 2.42. The minimum absolute atomic E-state index is 0.0870. The lowest BCUT2D eigenvalue weighted by Gasteiger charge is -2.12. The van der Waals surface area contributed by atoms with E-state index >= 15 is 0 Å². The molecule has 0 saturated carbocycles. The molecule has 0 aliphatic heterocycles. The van der Waals surface area contributed by atoms with E-state index in [1.54, 1.807) is 0 Å². The predicted molar refractivity (Wildman–Crippen MR) is 79.6 cm³/mol. The second-order valence-corrected chi connectivity index (χ2v) is 6.61. The van der Waals surface area contributed by atoms with E-state index in [0.717, 1.165) is 12.1 Å². The van der Waals surface area contributed by atoms with Crippen molar-refractivity contribution < 1.29 is 17.9 Å². The number of aliphatic hydroxyl groups excluding tert-OH is 1. The lowest BCUT2D eigenvalue weighted by atomic mass is 10.2. The van der Waals surface area contributed by atoms with Gasteiger partial charge in [0.05, 0.1) is 27.2 Å². The molecule has 8 heteroatoms. The first kappa shape index (κ1) is 16.0. The van der Waals surface area contributed by atoms with Crippen LogP contribution in [0.15, 0.2) is 41.3 Å². The highest BCUT2D eigenvalue weighted by Crippen LogP contribution is 2.27. The molecule has 112 valence electrons. The van der Waals surface area contributed by atoms with Crippen molar-refractivity contribution in [3.8, 4) is 0 Å². The van der Waals surface area contributed by atoms with E-state index in [1.807, 2.05) is 0 Å². The number of rotatable bonds is 4. The van der Waals surface area contributed by atoms with Gasteiger partial charge in [-0.1, -0.05) is 29.3 Å². The zero-order chi connectivity index (χ0) is 15.6. The molecular weight excluding hydrogens is 340 g/mol. The Morgan fingerprint density at radius 3 is 2.43 bits per heavy atom. The van der Waals surface area contributed by atoms with Gasteiger partial charge in [-0.15, -0.1) is 0 Å². The summed E-state index contributed by atoms with van der Waals surface area (Å²) in [5.74, 6) is -0.721. The van der Waals surface area contributed by atoms with Crippen molar-refractivity contribution in [2.45, 2.75) is 11.5 Å². The summed E-state index contributed by atoms with van der Waals surface area (Å²) < 4.78 is 40.0. The van der Waals surface area contributed by atoms with Gasteiger partial charge in [0.2, 0.25) is 0 Å². The Kier molecular flexibility index (Phi) is 4.73. The Hall–Kier alpha value is -1.34. The van der Waals surface area contributed by atoms with Crippen molar-refractivity contribution >= 4 is 38.9 Å². The van der Waals surface area contributed by atoms with Crippen LogP contribution in [0.4, 0.5) is 10.1 Å². The second kappa shape index (κ2) is 6.19. The fourth-order valence-electron chi connectivity index (χ4n) is 1.68. The molecule has 2 aromatic rings. The maximum absolute atomic E-state index is 13.3. The molecule has 0 saturated heterocycles. The van der Waals surface area contributed by atoms with Gasteiger partial charge in [-0.3, -0.25) is 4.72 Å². The van der Waals surface area contributed by atoms with E-state index in [0.29, 0.717) is 0 Å². The Morgan fingerprint density at radius 1 is 1.10 bits per heavy atom. The molecule has 2 N–H and O–H groups in total. The van der Waals surface area contributed by atoms with Gasteiger partial charge in [0, 0.05) is 0 Å². The van der Waals surface area contributed by atoms with E-state index in [9.17, 15) is 12.8 Å². The molecule has 0 unspecified atom stereocenters. The molecule has 0 aliphatic carbocycles. The molecule has 0 spiro atoms.